The summed E-state index contributed by atoms with van der Waals surface area (Å²) in [7, 11) is 0. The Morgan fingerprint density at radius 3 is 3.24 bits per heavy atom. The van der Waals surface area contributed by atoms with Crippen LogP contribution in [0.2, 0.25) is 0 Å². The molecule has 0 aliphatic heterocycles. The van der Waals surface area contributed by atoms with Crippen LogP contribution in [0.1, 0.15) is 19.0 Å². The molecule has 0 amide bonds. The van der Waals surface area contributed by atoms with Crippen LogP contribution in [0.5, 0.6) is 0 Å². The molecule has 2 heterocycles. The van der Waals surface area contributed by atoms with E-state index >= 15 is 0 Å². The largest absolute Gasteiger partial charge is 0.288 e. The van der Waals surface area contributed by atoms with E-state index in [-0.39, 0.29) is 5.12 Å². The minimum Gasteiger partial charge on any atom is -0.288 e. The van der Waals surface area contributed by atoms with Gasteiger partial charge in [0.25, 0.3) is 0 Å². The van der Waals surface area contributed by atoms with Crippen molar-refractivity contribution < 1.29 is 4.79 Å². The molecule has 5 heteroatoms. The SMILES string of the molecule is CC(=O)SCCC#Cc1cc2cn[nH]c2cn1. The second-order valence-corrected chi connectivity index (χ2v) is 4.69. The van der Waals surface area contributed by atoms with Crippen molar-refractivity contribution in [2.75, 3.05) is 5.75 Å². The van der Waals surface area contributed by atoms with E-state index in [0.29, 0.717) is 6.42 Å². The van der Waals surface area contributed by atoms with Gasteiger partial charge in [0.15, 0.2) is 5.12 Å². The van der Waals surface area contributed by atoms with Crippen molar-refractivity contribution in [1.29, 1.82) is 0 Å². The maximum Gasteiger partial charge on any atom is 0.185 e. The molecule has 2 aromatic rings. The summed E-state index contributed by atoms with van der Waals surface area (Å²) >= 11 is 1.29. The summed E-state index contributed by atoms with van der Waals surface area (Å²) in [5.74, 6) is 6.70. The van der Waals surface area contributed by atoms with Gasteiger partial charge in [0.1, 0.15) is 5.69 Å². The molecular weight excluding hydrogens is 234 g/mol. The highest BCUT2D eigenvalue weighted by atomic mass is 32.2. The number of hydrogen-bond acceptors (Lipinski definition) is 4. The molecule has 0 bridgehead atoms. The molecule has 0 saturated carbocycles. The zero-order valence-corrected chi connectivity index (χ0v) is 10.2. The van der Waals surface area contributed by atoms with E-state index < -0.39 is 0 Å². The number of rotatable bonds is 2. The molecule has 2 rings (SSSR count). The van der Waals surface area contributed by atoms with Gasteiger partial charge in [-0.2, -0.15) is 5.10 Å². The molecule has 86 valence electrons. The third-order valence-corrected chi connectivity index (χ3v) is 2.89. The molecule has 0 atom stereocenters. The fourth-order valence-electron chi connectivity index (χ4n) is 1.31. The lowest BCUT2D eigenvalue weighted by Crippen LogP contribution is -1.85. The minimum absolute atomic E-state index is 0.129. The van der Waals surface area contributed by atoms with Gasteiger partial charge in [-0.05, 0) is 12.0 Å². The Bertz CT molecular complexity index is 594. The highest BCUT2D eigenvalue weighted by Gasteiger charge is 1.96. The van der Waals surface area contributed by atoms with Crippen molar-refractivity contribution in [3.63, 3.8) is 0 Å². The molecule has 0 spiro atoms. The molecule has 4 nitrogen and oxygen atoms in total. The molecule has 0 fully saturated rings. The number of nitrogens with zero attached hydrogens (tertiary/aromatic N) is 2. The number of nitrogens with one attached hydrogen (secondary N) is 1. The molecule has 2 aromatic heterocycles. The first-order valence-corrected chi connectivity index (χ1v) is 6.15. The van der Waals surface area contributed by atoms with E-state index in [9.17, 15) is 4.79 Å². The number of aromatic amines is 1. The van der Waals surface area contributed by atoms with Crippen LogP contribution in [0.3, 0.4) is 0 Å². The van der Waals surface area contributed by atoms with E-state index in [4.69, 9.17) is 0 Å². The molecule has 0 aliphatic carbocycles. The Kier molecular flexibility index (Phi) is 3.78. The number of H-pyrrole nitrogens is 1. The lowest BCUT2D eigenvalue weighted by molar-refractivity contribution is -0.109. The predicted molar refractivity (Wildman–Crippen MR) is 68.5 cm³/mol. The summed E-state index contributed by atoms with van der Waals surface area (Å²) in [4.78, 5) is 14.9. The number of hydrogen-bond donors (Lipinski definition) is 1. The van der Waals surface area contributed by atoms with Crippen LogP contribution < -0.4 is 0 Å². The monoisotopic (exact) mass is 245 g/mol. The minimum atomic E-state index is 0.129. The van der Waals surface area contributed by atoms with Crippen LogP contribution in [0.4, 0.5) is 0 Å². The van der Waals surface area contributed by atoms with Gasteiger partial charge in [-0.1, -0.05) is 17.7 Å². The summed E-state index contributed by atoms with van der Waals surface area (Å²) in [6.07, 6.45) is 4.15. The quantitative estimate of drug-likeness (QED) is 0.649. The Morgan fingerprint density at radius 1 is 1.53 bits per heavy atom. The van der Waals surface area contributed by atoms with E-state index in [1.165, 1.54) is 11.8 Å². The van der Waals surface area contributed by atoms with Crippen LogP contribution in [0.15, 0.2) is 18.5 Å². The molecular formula is C12H11N3OS. The maximum atomic E-state index is 10.7. The van der Waals surface area contributed by atoms with E-state index in [1.807, 2.05) is 6.07 Å². The van der Waals surface area contributed by atoms with Gasteiger partial charge in [-0.15, -0.1) is 0 Å². The van der Waals surface area contributed by atoms with E-state index in [0.717, 1.165) is 22.3 Å². The lowest BCUT2D eigenvalue weighted by atomic mass is 10.2. The lowest BCUT2D eigenvalue weighted by Gasteiger charge is -1.91. The smallest absolute Gasteiger partial charge is 0.185 e. The van der Waals surface area contributed by atoms with E-state index in [1.54, 1.807) is 19.3 Å². The predicted octanol–water partition coefficient (Wildman–Crippen LogP) is 1.98. The summed E-state index contributed by atoms with van der Waals surface area (Å²) in [6.45, 7) is 1.56. The van der Waals surface area contributed by atoms with Crippen LogP contribution in [-0.4, -0.2) is 26.0 Å². The molecule has 1 N–H and O–H groups in total. The van der Waals surface area contributed by atoms with Crippen LogP contribution in [-0.2, 0) is 4.79 Å². The molecule has 0 saturated heterocycles. The standard InChI is InChI=1S/C12H11N3OS/c1-9(16)17-5-3-2-4-11-6-10-7-14-15-12(10)8-13-11/h6-8H,3,5H2,1H3,(H,14,15). The number of carbonyl (C=O) groups excluding carboxylic acids is 1. The van der Waals surface area contributed by atoms with Gasteiger partial charge in [-0.25, -0.2) is 4.98 Å². The highest BCUT2D eigenvalue weighted by Crippen LogP contribution is 2.09. The third-order valence-electron chi connectivity index (χ3n) is 2.07. The van der Waals surface area contributed by atoms with Crippen LogP contribution >= 0.6 is 11.8 Å². The highest BCUT2D eigenvalue weighted by molar-refractivity contribution is 8.13. The van der Waals surface area contributed by atoms with Crippen molar-refractivity contribution in [2.45, 2.75) is 13.3 Å². The summed E-state index contributed by atoms with van der Waals surface area (Å²) < 4.78 is 0. The van der Waals surface area contributed by atoms with Gasteiger partial charge >= 0.3 is 0 Å². The van der Waals surface area contributed by atoms with Gasteiger partial charge in [0, 0.05) is 24.5 Å². The summed E-state index contributed by atoms with van der Waals surface area (Å²) in [5, 5.41) is 7.88. The van der Waals surface area contributed by atoms with E-state index in [2.05, 4.69) is 27.0 Å². The fourth-order valence-corrected chi connectivity index (χ4v) is 1.80. The average Bonchev–Trinajstić information content (AvgIpc) is 2.75. The zero-order valence-electron chi connectivity index (χ0n) is 9.36. The average molecular weight is 245 g/mol. The Labute approximate surface area is 103 Å². The van der Waals surface area contributed by atoms with Gasteiger partial charge in [-0.3, -0.25) is 9.89 Å². The summed E-state index contributed by atoms with van der Waals surface area (Å²) in [5.41, 5.74) is 1.63. The number of fused-ring (bicyclic) bond motifs is 1. The summed E-state index contributed by atoms with van der Waals surface area (Å²) in [6, 6.07) is 1.89. The Hall–Kier alpha value is -1.80. The first-order valence-electron chi connectivity index (χ1n) is 5.17. The van der Waals surface area contributed by atoms with Crippen molar-refractivity contribution in [1.82, 2.24) is 15.2 Å². The Morgan fingerprint density at radius 2 is 2.41 bits per heavy atom. The number of aromatic nitrogens is 3. The second kappa shape index (κ2) is 5.51. The molecule has 17 heavy (non-hydrogen) atoms. The van der Waals surface area contributed by atoms with Gasteiger partial charge in [0.05, 0.1) is 17.9 Å². The van der Waals surface area contributed by atoms with Crippen LogP contribution in [0, 0.1) is 11.8 Å². The number of carbonyl (C=O) groups is 1. The van der Waals surface area contributed by atoms with Gasteiger partial charge < -0.3 is 0 Å². The molecule has 0 aromatic carbocycles. The van der Waals surface area contributed by atoms with Crippen molar-refractivity contribution >= 4 is 27.8 Å². The third kappa shape index (κ3) is 3.33. The van der Waals surface area contributed by atoms with Crippen LogP contribution in [0.25, 0.3) is 10.9 Å². The molecule has 0 radical (unpaired) electrons. The number of thioether (sulfide) groups is 1. The normalized spacial score (nSPS) is 9.94. The van der Waals surface area contributed by atoms with Crippen molar-refractivity contribution in [3.05, 3.63) is 24.2 Å². The van der Waals surface area contributed by atoms with Crippen molar-refractivity contribution in [2.24, 2.45) is 0 Å². The molecule has 0 unspecified atom stereocenters. The zero-order chi connectivity index (χ0) is 12.1. The molecule has 0 aliphatic rings. The van der Waals surface area contributed by atoms with Crippen molar-refractivity contribution in [3.8, 4) is 11.8 Å². The number of pyridine rings is 1. The second-order valence-electron chi connectivity index (χ2n) is 3.42. The Balaban J connectivity index is 1.98. The van der Waals surface area contributed by atoms with Gasteiger partial charge in [0.2, 0.25) is 0 Å². The maximum absolute atomic E-state index is 10.7. The first-order chi connectivity index (χ1) is 8.25. The first kappa shape index (κ1) is 11.7. The topological polar surface area (TPSA) is 58.6 Å². The fraction of sp³-hybridized carbons (Fsp3) is 0.250.